The molecule has 2 aromatic carbocycles. The number of fused-ring (bicyclic) bond motifs is 1. The maximum Gasteiger partial charge on any atom is 0.338 e. The van der Waals surface area contributed by atoms with Crippen molar-refractivity contribution in [2.24, 2.45) is 4.99 Å². The molecule has 0 unspecified atom stereocenters. The molecule has 1 aromatic heterocycles. The maximum absolute atomic E-state index is 13.7. The highest BCUT2D eigenvalue weighted by Crippen LogP contribution is 2.31. The van der Waals surface area contributed by atoms with Crippen molar-refractivity contribution >= 4 is 68.6 Å². The van der Waals surface area contributed by atoms with Crippen LogP contribution in [0.5, 0.6) is 5.75 Å². The van der Waals surface area contributed by atoms with E-state index in [1.165, 1.54) is 28.0 Å². The maximum atomic E-state index is 13.7. The Hall–Kier alpha value is -2.06. The molecule has 35 heavy (non-hydrogen) atoms. The number of nitrogens with zero attached hydrogens (tertiary/aromatic N) is 2. The van der Waals surface area contributed by atoms with E-state index < -0.39 is 17.8 Å². The van der Waals surface area contributed by atoms with Crippen LogP contribution in [0.4, 0.5) is 4.39 Å². The zero-order chi connectivity index (χ0) is 25.3. The van der Waals surface area contributed by atoms with Crippen LogP contribution in [0.15, 0.2) is 57.5 Å². The summed E-state index contributed by atoms with van der Waals surface area (Å²) in [6.45, 7) is 6.02. The molecule has 0 radical (unpaired) electrons. The largest absolute Gasteiger partial charge is 0.492 e. The normalized spacial score (nSPS) is 15.6. The molecular formula is C25H21FI2N2O4S. The fraction of sp³-hybridized carbons (Fsp3) is 0.240. The van der Waals surface area contributed by atoms with Crippen LogP contribution in [0.2, 0.25) is 0 Å². The van der Waals surface area contributed by atoms with Crippen LogP contribution in [-0.2, 0) is 9.53 Å². The van der Waals surface area contributed by atoms with Crippen molar-refractivity contribution in [1.82, 2.24) is 4.57 Å². The van der Waals surface area contributed by atoms with Crippen LogP contribution in [0.25, 0.3) is 6.08 Å². The number of carbonyl (C=O) groups excluding carboxylic acids is 1. The SMILES string of the molecule is CCOC(=O)C1=C(C)N=c2s/c(=C\c3cc(I)cc(I)c3OCC)c(=O)n2[C@@H]1c1ccc(F)cc1. The molecule has 10 heteroatoms. The van der Waals surface area contributed by atoms with E-state index in [4.69, 9.17) is 9.47 Å². The first kappa shape index (κ1) is 26.0. The Morgan fingerprint density at radius 1 is 1.20 bits per heavy atom. The van der Waals surface area contributed by atoms with Gasteiger partial charge in [0.15, 0.2) is 4.80 Å². The van der Waals surface area contributed by atoms with Gasteiger partial charge in [0.1, 0.15) is 11.6 Å². The molecule has 0 fully saturated rings. The number of hydrogen-bond acceptors (Lipinski definition) is 6. The van der Waals surface area contributed by atoms with Crippen LogP contribution in [0, 0.1) is 13.0 Å². The standard InChI is InChI=1S/C25H21FI2N2O4S/c1-4-33-22-15(10-17(27)12-18(22)28)11-19-23(31)30-21(14-6-8-16(26)9-7-14)20(24(32)34-5-2)13(3)29-25(30)35-19/h6-12,21H,4-5H2,1-3H3/b19-11-/t21-/m1/s1. The lowest BCUT2D eigenvalue weighted by Crippen LogP contribution is -2.39. The molecular weight excluding hydrogens is 697 g/mol. The Kier molecular flexibility index (Phi) is 8.11. The minimum absolute atomic E-state index is 0.182. The number of hydrogen-bond donors (Lipinski definition) is 0. The Balaban J connectivity index is 1.97. The quantitative estimate of drug-likeness (QED) is 0.278. The Morgan fingerprint density at radius 3 is 2.57 bits per heavy atom. The second kappa shape index (κ2) is 10.9. The predicted molar refractivity (Wildman–Crippen MR) is 150 cm³/mol. The molecule has 1 aliphatic rings. The highest BCUT2D eigenvalue weighted by atomic mass is 127. The lowest BCUT2D eigenvalue weighted by Gasteiger charge is -2.24. The van der Waals surface area contributed by atoms with Crippen LogP contribution in [-0.4, -0.2) is 23.8 Å². The van der Waals surface area contributed by atoms with E-state index >= 15 is 0 Å². The third-order valence-corrected chi connectivity index (χ3v) is 7.72. The average Bonchev–Trinajstić information content (AvgIpc) is 3.10. The number of rotatable bonds is 6. The van der Waals surface area contributed by atoms with Crippen LogP contribution in [0.3, 0.4) is 0 Å². The molecule has 1 aliphatic heterocycles. The molecule has 0 saturated heterocycles. The van der Waals surface area contributed by atoms with Gasteiger partial charge in [0.25, 0.3) is 5.56 Å². The van der Waals surface area contributed by atoms with Gasteiger partial charge in [-0.1, -0.05) is 23.5 Å². The van der Waals surface area contributed by atoms with Gasteiger partial charge in [0, 0.05) is 9.13 Å². The molecule has 2 heterocycles. The number of allylic oxidation sites excluding steroid dienone is 1. The van der Waals surface area contributed by atoms with Gasteiger partial charge >= 0.3 is 5.97 Å². The van der Waals surface area contributed by atoms with Gasteiger partial charge < -0.3 is 9.47 Å². The molecule has 182 valence electrons. The zero-order valence-corrected chi connectivity index (χ0v) is 24.2. The van der Waals surface area contributed by atoms with Gasteiger partial charge in [-0.25, -0.2) is 14.2 Å². The molecule has 6 nitrogen and oxygen atoms in total. The first-order valence-corrected chi connectivity index (χ1v) is 13.8. The second-order valence-corrected chi connectivity index (χ2v) is 11.0. The molecule has 0 N–H and O–H groups in total. The summed E-state index contributed by atoms with van der Waals surface area (Å²) in [6.07, 6.45) is 1.80. The Labute approximate surface area is 232 Å². The van der Waals surface area contributed by atoms with E-state index in [-0.39, 0.29) is 17.7 Å². The number of benzene rings is 2. The summed E-state index contributed by atoms with van der Waals surface area (Å²) in [5.41, 5.74) is 1.80. The van der Waals surface area contributed by atoms with Crippen molar-refractivity contribution in [3.63, 3.8) is 0 Å². The Morgan fingerprint density at radius 2 is 1.91 bits per heavy atom. The first-order valence-electron chi connectivity index (χ1n) is 10.8. The Bertz CT molecular complexity index is 1510. The number of esters is 1. The van der Waals surface area contributed by atoms with Gasteiger partial charge in [0.2, 0.25) is 0 Å². The lowest BCUT2D eigenvalue weighted by atomic mass is 9.96. The molecule has 1 atom stereocenters. The van der Waals surface area contributed by atoms with E-state index in [1.807, 2.05) is 19.1 Å². The summed E-state index contributed by atoms with van der Waals surface area (Å²) in [6, 6.07) is 8.95. The molecule has 0 amide bonds. The van der Waals surface area contributed by atoms with E-state index in [0.29, 0.717) is 33.0 Å². The number of halogens is 3. The fourth-order valence-electron chi connectivity index (χ4n) is 3.88. The molecule has 0 spiro atoms. The lowest BCUT2D eigenvalue weighted by molar-refractivity contribution is -0.139. The van der Waals surface area contributed by atoms with E-state index in [9.17, 15) is 14.0 Å². The molecule has 0 aliphatic carbocycles. The van der Waals surface area contributed by atoms with Gasteiger partial charge in [-0.15, -0.1) is 0 Å². The van der Waals surface area contributed by atoms with Gasteiger partial charge in [0.05, 0.1) is 38.6 Å². The number of aromatic nitrogens is 1. The highest BCUT2D eigenvalue weighted by molar-refractivity contribution is 14.1. The molecule has 4 rings (SSSR count). The average molecular weight is 718 g/mol. The summed E-state index contributed by atoms with van der Waals surface area (Å²) in [5, 5.41) is 0. The number of carbonyl (C=O) groups is 1. The summed E-state index contributed by atoms with van der Waals surface area (Å²) in [4.78, 5) is 31.7. The number of thiazole rings is 1. The minimum Gasteiger partial charge on any atom is -0.492 e. The zero-order valence-electron chi connectivity index (χ0n) is 19.1. The minimum atomic E-state index is -0.782. The third-order valence-electron chi connectivity index (χ3n) is 5.32. The van der Waals surface area contributed by atoms with Crippen molar-refractivity contribution in [3.8, 4) is 5.75 Å². The first-order chi connectivity index (χ1) is 16.7. The summed E-state index contributed by atoms with van der Waals surface area (Å²) in [5.74, 6) is -0.253. The molecule has 0 saturated carbocycles. The topological polar surface area (TPSA) is 69.9 Å². The summed E-state index contributed by atoms with van der Waals surface area (Å²) in [7, 11) is 0. The molecule has 3 aromatic rings. The predicted octanol–water partition coefficient (Wildman–Crippen LogP) is 4.55. The van der Waals surface area contributed by atoms with E-state index in [2.05, 4.69) is 50.2 Å². The van der Waals surface area contributed by atoms with Gasteiger partial charge in [-0.05, 0) is 102 Å². The van der Waals surface area contributed by atoms with Gasteiger partial charge in [-0.3, -0.25) is 9.36 Å². The van der Waals surface area contributed by atoms with Crippen LogP contribution >= 0.6 is 56.5 Å². The van der Waals surface area contributed by atoms with E-state index in [1.54, 1.807) is 32.1 Å². The number of ether oxygens (including phenoxy) is 2. The van der Waals surface area contributed by atoms with Crippen molar-refractivity contribution in [1.29, 1.82) is 0 Å². The molecule has 0 bridgehead atoms. The van der Waals surface area contributed by atoms with Crippen molar-refractivity contribution in [3.05, 3.63) is 91.4 Å². The second-order valence-electron chi connectivity index (χ2n) is 7.59. The summed E-state index contributed by atoms with van der Waals surface area (Å²) >= 11 is 5.69. The highest BCUT2D eigenvalue weighted by Gasteiger charge is 2.33. The monoisotopic (exact) mass is 718 g/mol. The third kappa shape index (κ3) is 5.24. The fourth-order valence-corrected chi connectivity index (χ4v) is 6.96. The van der Waals surface area contributed by atoms with E-state index in [0.717, 1.165) is 12.7 Å². The van der Waals surface area contributed by atoms with Gasteiger partial charge in [-0.2, -0.15) is 0 Å². The van der Waals surface area contributed by atoms with Crippen molar-refractivity contribution in [2.75, 3.05) is 13.2 Å². The summed E-state index contributed by atoms with van der Waals surface area (Å²) < 4.78 is 28.7. The van der Waals surface area contributed by atoms with Crippen molar-refractivity contribution < 1.29 is 18.7 Å². The van der Waals surface area contributed by atoms with Crippen LogP contribution in [0.1, 0.15) is 37.9 Å². The smallest absolute Gasteiger partial charge is 0.338 e. The van der Waals surface area contributed by atoms with Crippen LogP contribution < -0.4 is 19.6 Å². The van der Waals surface area contributed by atoms with Crippen molar-refractivity contribution in [2.45, 2.75) is 26.8 Å².